The Morgan fingerprint density at radius 2 is 2.05 bits per heavy atom. The van der Waals surface area contributed by atoms with Crippen LogP contribution in [0.1, 0.15) is 36.2 Å². The maximum absolute atomic E-state index is 14.5. The van der Waals surface area contributed by atoms with Crippen LogP contribution in [-0.4, -0.2) is 73.2 Å². The van der Waals surface area contributed by atoms with Crippen molar-refractivity contribution in [1.29, 1.82) is 0 Å². The molecule has 10 heteroatoms. The number of methoxy groups -OCH3 is 1. The fourth-order valence-corrected chi connectivity index (χ4v) is 4.99. The van der Waals surface area contributed by atoms with Crippen LogP contribution in [0.5, 0.6) is 11.5 Å². The molecule has 1 aliphatic rings. The maximum atomic E-state index is 14.5. The van der Waals surface area contributed by atoms with Crippen LogP contribution in [-0.2, 0) is 6.42 Å². The molecule has 3 aromatic rings. The lowest BCUT2D eigenvalue weighted by molar-refractivity contribution is -0.0876. The monoisotopic (exact) mass is 520 g/mol. The fourth-order valence-electron chi connectivity index (χ4n) is 4.99. The number of benzene rings is 2. The van der Waals surface area contributed by atoms with E-state index in [0.29, 0.717) is 43.0 Å². The topological polar surface area (TPSA) is 95.8 Å². The van der Waals surface area contributed by atoms with E-state index in [4.69, 9.17) is 15.2 Å². The van der Waals surface area contributed by atoms with Crippen molar-refractivity contribution in [1.82, 2.24) is 15.2 Å². The number of aliphatic hydroxyl groups excluding tert-OH is 1. The van der Waals surface area contributed by atoms with Gasteiger partial charge in [0.2, 0.25) is 0 Å². The van der Waals surface area contributed by atoms with Gasteiger partial charge >= 0.3 is 0 Å². The van der Waals surface area contributed by atoms with Gasteiger partial charge in [-0.3, -0.25) is 9.29 Å². The van der Waals surface area contributed by atoms with Crippen molar-refractivity contribution in [2.45, 2.75) is 44.0 Å². The maximum Gasteiger partial charge on any atom is 0.283 e. The molecule has 0 saturated carbocycles. The Hall–Kier alpha value is -2.79. The first-order valence-corrected chi connectivity index (χ1v) is 12.5. The van der Waals surface area contributed by atoms with Crippen LogP contribution < -0.4 is 20.5 Å². The minimum Gasteiger partial charge on any atom is -0.496 e. The van der Waals surface area contributed by atoms with E-state index in [9.17, 15) is 18.3 Å². The van der Waals surface area contributed by atoms with Crippen molar-refractivity contribution >= 4 is 10.9 Å². The average molecular weight is 521 g/mol. The van der Waals surface area contributed by atoms with Crippen molar-refractivity contribution in [2.24, 2.45) is 5.73 Å². The van der Waals surface area contributed by atoms with Crippen molar-refractivity contribution in [2.75, 3.05) is 40.0 Å². The number of ether oxygens (including phenoxy) is 2. The predicted octanol–water partition coefficient (Wildman–Crippen LogP) is 3.75. The van der Waals surface area contributed by atoms with Crippen LogP contribution in [0.2, 0.25) is 0 Å². The number of aliphatic hydroxyl groups is 1. The molecular weight excluding hydrogens is 485 g/mol. The molecule has 0 aliphatic carbocycles. The van der Waals surface area contributed by atoms with E-state index < -0.39 is 31.3 Å². The number of rotatable bonds is 12. The Kier molecular flexibility index (Phi) is 8.63. The van der Waals surface area contributed by atoms with Gasteiger partial charge in [-0.05, 0) is 49.7 Å². The van der Waals surface area contributed by atoms with Gasteiger partial charge in [-0.25, -0.2) is 8.78 Å². The Morgan fingerprint density at radius 3 is 2.78 bits per heavy atom. The summed E-state index contributed by atoms with van der Waals surface area (Å²) in [5.41, 5.74) is 9.75. The third kappa shape index (κ3) is 6.04. The quantitative estimate of drug-likeness (QED) is 0.272. The number of H-pyrrole nitrogens is 1. The number of alkyl halides is 3. The normalized spacial score (nSPS) is 19.1. The molecule has 0 spiro atoms. The summed E-state index contributed by atoms with van der Waals surface area (Å²) in [4.78, 5) is 4.94. The number of hydrogen-bond acceptors (Lipinski definition) is 6. The van der Waals surface area contributed by atoms with Gasteiger partial charge in [0.05, 0.1) is 32.5 Å². The number of halogens is 3. The van der Waals surface area contributed by atoms with E-state index in [1.807, 2.05) is 31.2 Å². The van der Waals surface area contributed by atoms with Crippen LogP contribution in [0.4, 0.5) is 13.2 Å². The SMILES string of the molecule is COc1ccc(O[C@H](C)CNCCCF)cc1[C@@H]1c2[nH]c3ccccc3c2C[C@@H](N)N1CC(F)(F)CO. The highest BCUT2D eigenvalue weighted by Crippen LogP contribution is 2.44. The molecule has 2 heterocycles. The first-order valence-electron chi connectivity index (χ1n) is 12.5. The molecule has 3 atom stereocenters. The Balaban J connectivity index is 1.75. The van der Waals surface area contributed by atoms with Gasteiger partial charge in [0.25, 0.3) is 5.92 Å². The second kappa shape index (κ2) is 11.7. The van der Waals surface area contributed by atoms with Gasteiger partial charge in [-0.2, -0.15) is 0 Å². The first-order chi connectivity index (χ1) is 17.8. The fraction of sp³-hybridized carbons (Fsp3) is 0.481. The number of aromatic nitrogens is 1. The van der Waals surface area contributed by atoms with Crippen molar-refractivity contribution < 1.29 is 27.8 Å². The zero-order valence-corrected chi connectivity index (χ0v) is 21.1. The molecule has 0 saturated heterocycles. The molecule has 0 radical (unpaired) electrons. The predicted molar refractivity (Wildman–Crippen MR) is 137 cm³/mol. The van der Waals surface area contributed by atoms with Crippen LogP contribution in [0, 0.1) is 0 Å². The van der Waals surface area contributed by atoms with Crippen LogP contribution >= 0.6 is 0 Å². The van der Waals surface area contributed by atoms with E-state index >= 15 is 0 Å². The minimum absolute atomic E-state index is 0.215. The highest BCUT2D eigenvalue weighted by molar-refractivity contribution is 5.85. The third-order valence-corrected chi connectivity index (χ3v) is 6.69. The Labute approximate surface area is 214 Å². The molecule has 4 rings (SSSR count). The molecule has 7 nitrogen and oxygen atoms in total. The van der Waals surface area contributed by atoms with Gasteiger partial charge in [-0.15, -0.1) is 0 Å². The summed E-state index contributed by atoms with van der Waals surface area (Å²) in [5.74, 6) is -2.30. The van der Waals surface area contributed by atoms with E-state index in [1.54, 1.807) is 18.2 Å². The van der Waals surface area contributed by atoms with E-state index in [0.717, 1.165) is 22.2 Å². The summed E-state index contributed by atoms with van der Waals surface area (Å²) in [7, 11) is 1.53. The molecule has 202 valence electrons. The van der Waals surface area contributed by atoms with Gasteiger partial charge in [0, 0.05) is 35.1 Å². The summed E-state index contributed by atoms with van der Waals surface area (Å²) < 4.78 is 53.2. The lowest BCUT2D eigenvalue weighted by Gasteiger charge is -2.42. The van der Waals surface area contributed by atoms with Crippen molar-refractivity contribution in [3.8, 4) is 11.5 Å². The second-order valence-corrected chi connectivity index (χ2v) is 9.50. The summed E-state index contributed by atoms with van der Waals surface area (Å²) in [6.45, 7) is 0.580. The molecule has 5 N–H and O–H groups in total. The molecule has 0 amide bonds. The molecule has 37 heavy (non-hydrogen) atoms. The minimum atomic E-state index is -3.35. The standard InChI is InChI=1S/C27H35F3N4O3/c1-17(14-32-11-5-10-28)37-18-8-9-23(36-2)21(12-18)26-25-20(19-6-3-4-7-22(19)33-25)13-24(31)34(26)15-27(29,30)16-35/h3-4,6-9,12,17,24,26,32-33,35H,5,10-11,13-16,31H2,1-2H3/t17-,24+,26-/m1/s1. The van der Waals surface area contributed by atoms with Gasteiger partial charge < -0.3 is 30.6 Å². The molecule has 0 bridgehead atoms. The van der Waals surface area contributed by atoms with E-state index in [-0.39, 0.29) is 12.8 Å². The number of nitrogens with two attached hydrogens (primary N) is 1. The van der Waals surface area contributed by atoms with E-state index in [1.165, 1.54) is 12.0 Å². The number of nitrogens with zero attached hydrogens (tertiary/aromatic N) is 1. The summed E-state index contributed by atoms with van der Waals surface area (Å²) in [6, 6.07) is 12.4. The summed E-state index contributed by atoms with van der Waals surface area (Å²) in [6.07, 6.45) is -0.130. The van der Waals surface area contributed by atoms with Crippen LogP contribution in [0.25, 0.3) is 10.9 Å². The number of nitrogens with one attached hydrogen (secondary N) is 2. The number of fused-ring (bicyclic) bond motifs is 3. The third-order valence-electron chi connectivity index (χ3n) is 6.69. The second-order valence-electron chi connectivity index (χ2n) is 9.50. The lowest BCUT2D eigenvalue weighted by Crippen LogP contribution is -2.54. The van der Waals surface area contributed by atoms with Crippen LogP contribution in [0.15, 0.2) is 42.5 Å². The van der Waals surface area contributed by atoms with Gasteiger partial charge in [0.15, 0.2) is 0 Å². The number of aromatic amines is 1. The lowest BCUT2D eigenvalue weighted by atomic mass is 9.89. The highest BCUT2D eigenvalue weighted by Gasteiger charge is 2.43. The largest absolute Gasteiger partial charge is 0.496 e. The smallest absolute Gasteiger partial charge is 0.283 e. The molecule has 0 unspecified atom stereocenters. The van der Waals surface area contributed by atoms with E-state index in [2.05, 4.69) is 10.3 Å². The van der Waals surface area contributed by atoms with Crippen LogP contribution in [0.3, 0.4) is 0 Å². The molecule has 1 aromatic heterocycles. The number of hydrogen-bond donors (Lipinski definition) is 4. The Bertz CT molecular complexity index is 1190. The zero-order chi connectivity index (χ0) is 26.6. The molecule has 0 fully saturated rings. The average Bonchev–Trinajstić information content (AvgIpc) is 3.25. The van der Waals surface area contributed by atoms with Crippen molar-refractivity contribution in [3.63, 3.8) is 0 Å². The summed E-state index contributed by atoms with van der Waals surface area (Å²) in [5, 5.41) is 13.5. The van der Waals surface area contributed by atoms with Gasteiger partial charge in [0.1, 0.15) is 24.2 Å². The first kappa shape index (κ1) is 27.3. The molecule has 2 aromatic carbocycles. The molecular formula is C27H35F3N4O3. The Morgan fingerprint density at radius 1 is 1.27 bits per heavy atom. The molecule has 1 aliphatic heterocycles. The van der Waals surface area contributed by atoms with Gasteiger partial charge in [-0.1, -0.05) is 18.2 Å². The van der Waals surface area contributed by atoms with Crippen molar-refractivity contribution in [3.05, 3.63) is 59.3 Å². The zero-order valence-electron chi connectivity index (χ0n) is 21.1. The highest BCUT2D eigenvalue weighted by atomic mass is 19.3. The summed E-state index contributed by atoms with van der Waals surface area (Å²) >= 11 is 0. The number of para-hydroxylation sites is 1.